The highest BCUT2D eigenvalue weighted by Crippen LogP contribution is 2.33. The average molecular weight is 554 g/mol. The molecule has 0 unspecified atom stereocenters. The topological polar surface area (TPSA) is 88.6 Å². The first kappa shape index (κ1) is 29.6. The minimum absolute atomic E-state index is 0.120. The van der Waals surface area contributed by atoms with Gasteiger partial charge >= 0.3 is 0 Å². The van der Waals surface area contributed by atoms with E-state index in [1.807, 2.05) is 69.3 Å². The molecule has 0 aliphatic rings. The molecule has 0 atom stereocenters. The Hall–Kier alpha value is -4.43. The molecule has 0 aliphatic carbocycles. The van der Waals surface area contributed by atoms with E-state index in [0.29, 0.717) is 24.1 Å². The van der Waals surface area contributed by atoms with Crippen molar-refractivity contribution in [2.45, 2.75) is 41.0 Å². The van der Waals surface area contributed by atoms with Gasteiger partial charge in [0.25, 0.3) is 5.91 Å². The third-order valence-electron chi connectivity index (χ3n) is 6.89. The third kappa shape index (κ3) is 7.83. The van der Waals surface area contributed by atoms with Crippen LogP contribution < -0.4 is 20.1 Å². The summed E-state index contributed by atoms with van der Waals surface area (Å²) in [6, 6.07) is 21.4. The molecule has 0 fully saturated rings. The molecule has 8 heteroatoms. The summed E-state index contributed by atoms with van der Waals surface area (Å²) in [7, 11) is 0. The maximum absolute atomic E-state index is 13.5. The highest BCUT2D eigenvalue weighted by molar-refractivity contribution is 6.06. The van der Waals surface area contributed by atoms with E-state index in [-0.39, 0.29) is 17.4 Å². The number of amides is 1. The van der Waals surface area contributed by atoms with E-state index in [1.165, 1.54) is 11.8 Å². The Morgan fingerprint density at radius 1 is 0.878 bits per heavy atom. The third-order valence-corrected chi connectivity index (χ3v) is 6.89. The number of nitrogens with one attached hydrogen (secondary N) is 2. The molecule has 1 heterocycles. The molecule has 0 saturated carbocycles. The summed E-state index contributed by atoms with van der Waals surface area (Å²) < 4.78 is 11.9. The van der Waals surface area contributed by atoms with Crippen molar-refractivity contribution in [3.05, 3.63) is 95.2 Å². The van der Waals surface area contributed by atoms with Crippen molar-refractivity contribution < 1.29 is 14.3 Å². The van der Waals surface area contributed by atoms with Crippen LogP contribution in [-0.4, -0.2) is 47.0 Å². The molecule has 2 N–H and O–H groups in total. The summed E-state index contributed by atoms with van der Waals surface area (Å²) >= 11 is 0. The second-order valence-electron chi connectivity index (χ2n) is 9.71. The van der Waals surface area contributed by atoms with Crippen LogP contribution in [0.25, 0.3) is 0 Å². The van der Waals surface area contributed by atoms with Crippen LogP contribution in [-0.2, 0) is 6.42 Å². The number of benzene rings is 3. The highest BCUT2D eigenvalue weighted by Gasteiger charge is 2.20. The molecule has 4 rings (SSSR count). The summed E-state index contributed by atoms with van der Waals surface area (Å²) in [5.41, 5.74) is 4.98. The van der Waals surface area contributed by atoms with Crippen LogP contribution in [0.15, 0.2) is 72.9 Å². The summed E-state index contributed by atoms with van der Waals surface area (Å²) in [5.74, 6) is 1.08. The number of aromatic nitrogens is 2. The molecule has 214 valence electrons. The minimum atomic E-state index is -0.365. The number of hydrogen-bond donors (Lipinski definition) is 2. The quantitative estimate of drug-likeness (QED) is 0.182. The second kappa shape index (κ2) is 14.3. The fourth-order valence-electron chi connectivity index (χ4n) is 4.48. The number of para-hydroxylation sites is 3. The second-order valence-corrected chi connectivity index (χ2v) is 9.71. The van der Waals surface area contributed by atoms with Crippen LogP contribution in [0.5, 0.6) is 17.4 Å². The smallest absolute Gasteiger partial charge is 0.262 e. The van der Waals surface area contributed by atoms with Crippen molar-refractivity contribution in [1.29, 1.82) is 0 Å². The molecule has 0 saturated heterocycles. The zero-order valence-electron chi connectivity index (χ0n) is 24.5. The molecule has 3 aromatic carbocycles. The van der Waals surface area contributed by atoms with Gasteiger partial charge in [0.1, 0.15) is 5.56 Å². The zero-order valence-corrected chi connectivity index (χ0v) is 24.5. The van der Waals surface area contributed by atoms with Gasteiger partial charge in [-0.2, -0.15) is 4.98 Å². The van der Waals surface area contributed by atoms with E-state index in [4.69, 9.17) is 9.47 Å². The number of anilines is 3. The van der Waals surface area contributed by atoms with E-state index in [1.54, 1.807) is 6.07 Å². The largest absolute Gasteiger partial charge is 0.490 e. The fraction of sp³-hybridized carbons (Fsp3) is 0.303. The Morgan fingerprint density at radius 3 is 2.22 bits per heavy atom. The van der Waals surface area contributed by atoms with Crippen LogP contribution in [0.3, 0.4) is 0 Å². The summed E-state index contributed by atoms with van der Waals surface area (Å²) in [4.78, 5) is 24.9. The van der Waals surface area contributed by atoms with Gasteiger partial charge in [-0.1, -0.05) is 56.3 Å². The van der Waals surface area contributed by atoms with Gasteiger partial charge in [0, 0.05) is 24.1 Å². The average Bonchev–Trinajstić information content (AvgIpc) is 2.98. The van der Waals surface area contributed by atoms with Crippen LogP contribution in [0, 0.1) is 13.8 Å². The fourth-order valence-corrected chi connectivity index (χ4v) is 4.48. The number of ether oxygens (including phenoxy) is 2. The number of hydrogen-bond acceptors (Lipinski definition) is 7. The molecule has 4 aromatic rings. The lowest BCUT2D eigenvalue weighted by Crippen LogP contribution is -2.25. The molecule has 0 spiro atoms. The van der Waals surface area contributed by atoms with Crippen LogP contribution >= 0.6 is 0 Å². The Labute approximate surface area is 242 Å². The monoisotopic (exact) mass is 553 g/mol. The Morgan fingerprint density at radius 2 is 1.56 bits per heavy atom. The molecule has 0 bridgehead atoms. The van der Waals surface area contributed by atoms with Crippen molar-refractivity contribution in [3.63, 3.8) is 0 Å². The summed E-state index contributed by atoms with van der Waals surface area (Å²) in [6.45, 7) is 13.8. The number of nitrogens with zero attached hydrogens (tertiary/aromatic N) is 3. The van der Waals surface area contributed by atoms with Crippen molar-refractivity contribution in [2.24, 2.45) is 0 Å². The Bertz CT molecular complexity index is 1430. The van der Waals surface area contributed by atoms with Gasteiger partial charge in [0.05, 0.1) is 6.61 Å². The van der Waals surface area contributed by atoms with E-state index in [2.05, 4.69) is 51.5 Å². The summed E-state index contributed by atoms with van der Waals surface area (Å²) in [6.07, 6.45) is 2.47. The highest BCUT2D eigenvalue weighted by atomic mass is 16.5. The van der Waals surface area contributed by atoms with E-state index in [0.717, 1.165) is 48.6 Å². The normalized spacial score (nSPS) is 10.9. The first-order valence-electron chi connectivity index (χ1n) is 14.1. The predicted octanol–water partition coefficient (Wildman–Crippen LogP) is 7.16. The van der Waals surface area contributed by atoms with Gasteiger partial charge in [0.15, 0.2) is 11.5 Å². The van der Waals surface area contributed by atoms with Crippen molar-refractivity contribution in [2.75, 3.05) is 36.9 Å². The van der Waals surface area contributed by atoms with Gasteiger partial charge in [-0.25, -0.2) is 4.98 Å². The van der Waals surface area contributed by atoms with Gasteiger partial charge < -0.3 is 25.0 Å². The van der Waals surface area contributed by atoms with Gasteiger partial charge in [-0.05, 0) is 81.2 Å². The van der Waals surface area contributed by atoms with E-state index in [9.17, 15) is 4.79 Å². The van der Waals surface area contributed by atoms with Crippen LogP contribution in [0.2, 0.25) is 0 Å². The molecule has 0 aliphatic heterocycles. The predicted molar refractivity (Wildman–Crippen MR) is 165 cm³/mol. The zero-order chi connectivity index (χ0) is 29.2. The van der Waals surface area contributed by atoms with Crippen molar-refractivity contribution in [3.8, 4) is 17.4 Å². The first-order chi connectivity index (χ1) is 19.9. The van der Waals surface area contributed by atoms with E-state index >= 15 is 0 Å². The number of rotatable bonds is 13. The van der Waals surface area contributed by atoms with Gasteiger partial charge in [-0.15, -0.1) is 0 Å². The molecule has 0 radical (unpaired) electrons. The molecule has 1 aromatic heterocycles. The van der Waals surface area contributed by atoms with E-state index < -0.39 is 0 Å². The number of carbonyl (C=O) groups is 1. The Kier molecular flexibility index (Phi) is 10.3. The molecule has 8 nitrogen and oxygen atoms in total. The molecular weight excluding hydrogens is 514 g/mol. The Balaban J connectivity index is 1.60. The van der Waals surface area contributed by atoms with Crippen molar-refractivity contribution >= 4 is 23.2 Å². The minimum Gasteiger partial charge on any atom is -0.490 e. The standard InChI is InChI=1S/C33H39N5O3/c1-6-38(7-2)21-20-25-16-18-26(19-17-25)35-33-34-22-27(31(39)36-30-23(4)12-11-13-24(30)5)32(37-33)41-29-15-10-9-14-28(29)40-8-3/h9-19,22H,6-8,20-21H2,1-5H3,(H,36,39)(H,34,35,37). The SMILES string of the molecule is CCOc1ccccc1Oc1nc(Nc2ccc(CCN(CC)CC)cc2)ncc1C(=O)Nc1c(C)cccc1C. The number of likely N-dealkylation sites (N-methyl/N-ethyl adjacent to an activating group) is 1. The molecule has 41 heavy (non-hydrogen) atoms. The van der Waals surface area contributed by atoms with Crippen LogP contribution in [0.4, 0.5) is 17.3 Å². The lowest BCUT2D eigenvalue weighted by atomic mass is 10.1. The summed E-state index contributed by atoms with van der Waals surface area (Å²) in [5, 5.41) is 6.25. The molecular formula is C33H39N5O3. The van der Waals surface area contributed by atoms with Crippen molar-refractivity contribution in [1.82, 2.24) is 14.9 Å². The first-order valence-corrected chi connectivity index (χ1v) is 14.1. The lowest BCUT2D eigenvalue weighted by Gasteiger charge is -2.17. The van der Waals surface area contributed by atoms with Crippen LogP contribution in [0.1, 0.15) is 47.8 Å². The number of aryl methyl sites for hydroxylation is 2. The maximum atomic E-state index is 13.5. The van der Waals surface area contributed by atoms with Gasteiger partial charge in [-0.3, -0.25) is 4.79 Å². The maximum Gasteiger partial charge on any atom is 0.262 e. The number of carbonyl (C=O) groups excluding carboxylic acids is 1. The lowest BCUT2D eigenvalue weighted by molar-refractivity contribution is 0.102. The van der Waals surface area contributed by atoms with Gasteiger partial charge in [0.2, 0.25) is 11.8 Å². The molecule has 1 amide bonds.